The highest BCUT2D eigenvalue weighted by Crippen LogP contribution is 2.35. The van der Waals surface area contributed by atoms with Gasteiger partial charge >= 0.3 is 0 Å². The summed E-state index contributed by atoms with van der Waals surface area (Å²) in [5, 5.41) is 0. The Kier molecular flexibility index (Phi) is 4.19. The van der Waals surface area contributed by atoms with E-state index in [1.165, 1.54) is 24.0 Å². The van der Waals surface area contributed by atoms with Crippen LogP contribution in [0.3, 0.4) is 0 Å². The maximum absolute atomic E-state index is 5.82. The van der Waals surface area contributed by atoms with Crippen LogP contribution in [0.4, 0.5) is 0 Å². The smallest absolute Gasteiger partial charge is 0.108 e. The third-order valence-electron chi connectivity index (χ3n) is 4.11. The molecular weight excluding hydrogens is 248 g/mol. The first-order chi connectivity index (χ1) is 9.88. The molecule has 3 rings (SSSR count). The van der Waals surface area contributed by atoms with E-state index in [1.54, 1.807) is 0 Å². The first-order valence-corrected chi connectivity index (χ1v) is 7.43. The minimum Gasteiger partial charge on any atom is -0.469 e. The van der Waals surface area contributed by atoms with Crippen LogP contribution in [0, 0.1) is 0 Å². The monoisotopic (exact) mass is 270 g/mol. The van der Waals surface area contributed by atoms with Crippen LogP contribution in [0.25, 0.3) is 0 Å². The first kappa shape index (κ1) is 13.4. The van der Waals surface area contributed by atoms with Crippen molar-refractivity contribution in [2.45, 2.75) is 31.8 Å². The van der Waals surface area contributed by atoms with Gasteiger partial charge in [-0.2, -0.15) is 0 Å². The minimum atomic E-state index is 0.446. The second-order valence-corrected chi connectivity index (χ2v) is 5.45. The number of nitrogens with zero attached hydrogens (tertiary/aromatic N) is 1. The zero-order chi connectivity index (χ0) is 13.8. The highest BCUT2D eigenvalue weighted by atomic mass is 16.3. The quantitative estimate of drug-likeness (QED) is 0.907. The second-order valence-electron chi connectivity index (χ2n) is 5.45. The Bertz CT molecular complexity index is 535. The fourth-order valence-corrected chi connectivity index (χ4v) is 3.17. The minimum absolute atomic E-state index is 0.446. The Hall–Kier alpha value is -1.58. The summed E-state index contributed by atoms with van der Waals surface area (Å²) in [6.07, 6.45) is 5.28. The Balaban J connectivity index is 1.81. The summed E-state index contributed by atoms with van der Waals surface area (Å²) in [5.74, 6) is 1.16. The number of hydrogen-bond donors (Lipinski definition) is 1. The van der Waals surface area contributed by atoms with E-state index < -0.39 is 0 Å². The molecule has 0 aliphatic heterocycles. The fourth-order valence-electron chi connectivity index (χ4n) is 3.17. The van der Waals surface area contributed by atoms with E-state index in [2.05, 4.69) is 41.3 Å². The van der Waals surface area contributed by atoms with Crippen LogP contribution < -0.4 is 5.73 Å². The van der Waals surface area contributed by atoms with Crippen molar-refractivity contribution in [1.29, 1.82) is 0 Å². The van der Waals surface area contributed by atoms with E-state index in [1.807, 2.05) is 6.26 Å². The summed E-state index contributed by atoms with van der Waals surface area (Å²) >= 11 is 0. The van der Waals surface area contributed by atoms with Gasteiger partial charge in [0.2, 0.25) is 0 Å². The standard InChI is InChI=1S/C17H22N2O/c18-10-11-19(13-14-5-2-1-3-6-14)16-7-4-8-17-15(16)9-12-20-17/h1-3,5-6,9,12,16H,4,7-8,10-11,13,18H2. The molecule has 1 aliphatic carbocycles. The lowest BCUT2D eigenvalue weighted by Crippen LogP contribution is -2.34. The lowest BCUT2D eigenvalue weighted by Gasteiger charge is -2.33. The third-order valence-corrected chi connectivity index (χ3v) is 4.11. The van der Waals surface area contributed by atoms with Crippen molar-refractivity contribution in [2.75, 3.05) is 13.1 Å². The molecule has 3 nitrogen and oxygen atoms in total. The van der Waals surface area contributed by atoms with Crippen LogP contribution in [0.1, 0.15) is 35.8 Å². The third kappa shape index (κ3) is 2.79. The molecular formula is C17H22N2O. The van der Waals surface area contributed by atoms with E-state index in [0.717, 1.165) is 25.3 Å². The molecule has 1 aromatic heterocycles. The van der Waals surface area contributed by atoms with Gasteiger partial charge < -0.3 is 10.2 Å². The molecule has 2 aromatic rings. The van der Waals surface area contributed by atoms with Gasteiger partial charge in [0.05, 0.1) is 6.26 Å². The Morgan fingerprint density at radius 2 is 2.05 bits per heavy atom. The molecule has 0 saturated heterocycles. The molecule has 2 N–H and O–H groups in total. The predicted molar refractivity (Wildman–Crippen MR) is 80.3 cm³/mol. The first-order valence-electron chi connectivity index (χ1n) is 7.43. The number of rotatable bonds is 5. The van der Waals surface area contributed by atoms with Crippen LogP contribution >= 0.6 is 0 Å². The second kappa shape index (κ2) is 6.25. The largest absolute Gasteiger partial charge is 0.469 e. The van der Waals surface area contributed by atoms with E-state index >= 15 is 0 Å². The summed E-state index contributed by atoms with van der Waals surface area (Å²) in [6, 6.07) is 13.2. The predicted octanol–water partition coefficient (Wildman–Crippen LogP) is 3.12. The average molecular weight is 270 g/mol. The molecule has 0 fully saturated rings. The molecule has 0 bridgehead atoms. The van der Waals surface area contributed by atoms with Crippen molar-refractivity contribution in [3.8, 4) is 0 Å². The summed E-state index contributed by atoms with van der Waals surface area (Å²) < 4.78 is 5.61. The molecule has 1 aliphatic rings. The summed E-state index contributed by atoms with van der Waals surface area (Å²) in [7, 11) is 0. The number of nitrogens with two attached hydrogens (primary N) is 1. The molecule has 0 saturated carbocycles. The van der Waals surface area contributed by atoms with Gasteiger partial charge in [0.15, 0.2) is 0 Å². The summed E-state index contributed by atoms with van der Waals surface area (Å²) in [6.45, 7) is 2.56. The lowest BCUT2D eigenvalue weighted by molar-refractivity contribution is 0.171. The maximum atomic E-state index is 5.82. The van der Waals surface area contributed by atoms with Crippen molar-refractivity contribution in [2.24, 2.45) is 5.73 Å². The summed E-state index contributed by atoms with van der Waals surface area (Å²) in [4.78, 5) is 2.49. The zero-order valence-corrected chi connectivity index (χ0v) is 11.8. The topological polar surface area (TPSA) is 42.4 Å². The molecule has 1 aromatic carbocycles. The molecule has 20 heavy (non-hydrogen) atoms. The number of hydrogen-bond acceptors (Lipinski definition) is 3. The molecule has 0 radical (unpaired) electrons. The van der Waals surface area contributed by atoms with Gasteiger partial charge in [-0.3, -0.25) is 4.90 Å². The normalized spacial score (nSPS) is 18.2. The Morgan fingerprint density at radius 1 is 1.20 bits per heavy atom. The summed E-state index contributed by atoms with van der Waals surface area (Å²) in [5.41, 5.74) is 8.53. The van der Waals surface area contributed by atoms with Gasteiger partial charge in [-0.25, -0.2) is 0 Å². The van der Waals surface area contributed by atoms with Crippen LogP contribution in [-0.2, 0) is 13.0 Å². The van der Waals surface area contributed by atoms with Crippen LogP contribution in [0.2, 0.25) is 0 Å². The average Bonchev–Trinajstić information content (AvgIpc) is 2.96. The van der Waals surface area contributed by atoms with Crippen molar-refractivity contribution >= 4 is 0 Å². The van der Waals surface area contributed by atoms with Crippen molar-refractivity contribution < 1.29 is 4.42 Å². The van der Waals surface area contributed by atoms with Crippen LogP contribution in [0.15, 0.2) is 47.1 Å². The van der Waals surface area contributed by atoms with Crippen LogP contribution in [-0.4, -0.2) is 18.0 Å². The fraction of sp³-hybridized carbons (Fsp3) is 0.412. The highest BCUT2D eigenvalue weighted by molar-refractivity contribution is 5.25. The van der Waals surface area contributed by atoms with Gasteiger partial charge in [-0.1, -0.05) is 30.3 Å². The van der Waals surface area contributed by atoms with Crippen molar-refractivity contribution in [1.82, 2.24) is 4.90 Å². The number of benzene rings is 1. The molecule has 0 spiro atoms. The number of furan rings is 1. The van der Waals surface area contributed by atoms with Gasteiger partial charge in [-0.15, -0.1) is 0 Å². The maximum Gasteiger partial charge on any atom is 0.108 e. The molecule has 3 heteroatoms. The number of fused-ring (bicyclic) bond motifs is 1. The number of aryl methyl sites for hydroxylation is 1. The Labute approximate surface area is 120 Å². The van der Waals surface area contributed by atoms with Gasteiger partial charge in [0, 0.05) is 37.7 Å². The Morgan fingerprint density at radius 3 is 2.85 bits per heavy atom. The highest BCUT2D eigenvalue weighted by Gasteiger charge is 2.27. The van der Waals surface area contributed by atoms with E-state index in [9.17, 15) is 0 Å². The van der Waals surface area contributed by atoms with E-state index in [0.29, 0.717) is 12.6 Å². The van der Waals surface area contributed by atoms with E-state index in [4.69, 9.17) is 10.2 Å². The lowest BCUT2D eigenvalue weighted by atomic mass is 9.92. The molecule has 1 unspecified atom stereocenters. The van der Waals surface area contributed by atoms with Gasteiger partial charge in [-0.05, 0) is 24.5 Å². The van der Waals surface area contributed by atoms with Gasteiger partial charge in [0.1, 0.15) is 5.76 Å². The molecule has 1 heterocycles. The molecule has 0 amide bonds. The SMILES string of the molecule is NCCN(Cc1ccccc1)C1CCCc2occc21. The zero-order valence-electron chi connectivity index (χ0n) is 11.8. The van der Waals surface area contributed by atoms with Crippen LogP contribution in [0.5, 0.6) is 0 Å². The van der Waals surface area contributed by atoms with Crippen molar-refractivity contribution in [3.05, 3.63) is 59.5 Å². The van der Waals surface area contributed by atoms with Gasteiger partial charge in [0.25, 0.3) is 0 Å². The molecule has 106 valence electrons. The van der Waals surface area contributed by atoms with Crippen molar-refractivity contribution in [3.63, 3.8) is 0 Å². The molecule has 1 atom stereocenters. The van der Waals surface area contributed by atoms with E-state index in [-0.39, 0.29) is 0 Å².